The summed E-state index contributed by atoms with van der Waals surface area (Å²) in [6.07, 6.45) is -6.09. The van der Waals surface area contributed by atoms with Crippen molar-refractivity contribution in [3.8, 4) is 0 Å². The first-order chi connectivity index (χ1) is 26.9. The van der Waals surface area contributed by atoms with Crippen molar-refractivity contribution in [3.05, 3.63) is 144 Å². The molecule has 2 unspecified atom stereocenters. The molecule has 1 aliphatic carbocycles. The van der Waals surface area contributed by atoms with Crippen LogP contribution in [0.5, 0.6) is 0 Å². The lowest BCUT2D eigenvalue weighted by molar-refractivity contribution is -0.137. The van der Waals surface area contributed by atoms with Crippen LogP contribution in [0.2, 0.25) is 0 Å². The fourth-order valence-corrected chi connectivity index (χ4v) is 13.1. The van der Waals surface area contributed by atoms with E-state index < -0.39 is 29.4 Å². The molecule has 284 valence electrons. The zero-order valence-corrected chi connectivity index (χ0v) is 35.2. The Bertz CT molecular complexity index is 2760. The number of thiophene rings is 2. The van der Waals surface area contributed by atoms with Gasteiger partial charge in [-0.2, -0.15) is 26.3 Å². The lowest BCUT2D eigenvalue weighted by Gasteiger charge is -2.36. The summed E-state index contributed by atoms with van der Waals surface area (Å²) < 4.78 is 95.0. The Hall–Kier alpha value is -3.60. The van der Waals surface area contributed by atoms with Crippen molar-refractivity contribution < 1.29 is 26.3 Å². The lowest BCUT2D eigenvalue weighted by atomic mass is 9.70. The molecule has 0 radical (unpaired) electrons. The largest absolute Gasteiger partial charge is 0.418 e. The molecule has 1 saturated carbocycles. The van der Waals surface area contributed by atoms with Crippen molar-refractivity contribution in [1.82, 2.24) is 0 Å². The number of hydrogen-bond donors (Lipinski definition) is 0. The molecule has 1 fully saturated rings. The molecule has 0 N–H and O–H groups in total. The van der Waals surface area contributed by atoms with Crippen LogP contribution in [-0.4, -0.2) is 0 Å². The Kier molecular flexibility index (Phi) is 9.93. The van der Waals surface area contributed by atoms with Crippen LogP contribution in [0.3, 0.4) is 0 Å². The third kappa shape index (κ3) is 6.51. The van der Waals surface area contributed by atoms with Gasteiger partial charge < -0.3 is 0 Å². The maximum atomic E-state index is 15.6. The van der Waals surface area contributed by atoms with Crippen LogP contribution in [0.15, 0.2) is 121 Å². The van der Waals surface area contributed by atoms with Gasteiger partial charge in [-0.1, -0.05) is 97.8 Å². The molecule has 0 amide bonds. The van der Waals surface area contributed by atoms with E-state index in [4.69, 9.17) is 0 Å². The van der Waals surface area contributed by atoms with Gasteiger partial charge in [-0.25, -0.2) is 0 Å². The van der Waals surface area contributed by atoms with Gasteiger partial charge >= 0.3 is 12.4 Å². The Morgan fingerprint density at radius 3 is 1.62 bits per heavy atom. The first-order valence-corrected chi connectivity index (χ1v) is 21.6. The molecule has 0 spiro atoms. The highest BCUT2D eigenvalue weighted by Crippen LogP contribution is 2.55. The third-order valence-electron chi connectivity index (χ3n) is 10.9. The third-order valence-corrected chi connectivity index (χ3v) is 15.5. The maximum Gasteiger partial charge on any atom is 0.418 e. The smallest absolute Gasteiger partial charge is 0.282 e. The zero-order chi connectivity index (χ0) is 38.9. The van der Waals surface area contributed by atoms with Gasteiger partial charge in [0.2, 0.25) is 0 Å². The predicted molar refractivity (Wildman–Crippen MR) is 238 cm³/mol. The summed E-state index contributed by atoms with van der Waals surface area (Å²) in [7, 11) is 0. The molecule has 0 aliphatic heterocycles. The SMILES string of the molecule is FC(F)(F)c1cccc2c1sc1c(N(I)c3ccccc3C3CCCCC3c3ccc4c(sc5c(N(I)c6ccccc6)cccc54)c3C(F)(F)F)cccc12. The molecule has 1 aliphatic rings. The minimum Gasteiger partial charge on any atom is -0.282 e. The quantitative estimate of drug-likeness (QED) is 0.0930. The molecule has 12 heteroatoms. The number of halogens is 8. The van der Waals surface area contributed by atoms with Crippen molar-refractivity contribution in [2.45, 2.75) is 49.9 Å². The van der Waals surface area contributed by atoms with Gasteiger partial charge in [-0.05, 0) is 72.2 Å². The molecule has 0 bridgehead atoms. The second kappa shape index (κ2) is 14.7. The fourth-order valence-electron chi connectivity index (χ4n) is 8.48. The number of rotatable bonds is 6. The fraction of sp³-hybridized carbons (Fsp3) is 0.182. The molecule has 0 saturated heterocycles. The van der Waals surface area contributed by atoms with E-state index in [0.29, 0.717) is 29.2 Å². The van der Waals surface area contributed by atoms with Crippen molar-refractivity contribution in [1.29, 1.82) is 0 Å². The van der Waals surface area contributed by atoms with Crippen LogP contribution in [0.4, 0.5) is 49.1 Å². The van der Waals surface area contributed by atoms with E-state index in [1.54, 1.807) is 12.1 Å². The van der Waals surface area contributed by atoms with Crippen LogP contribution in [0.1, 0.15) is 59.8 Å². The molecular weight excluding hydrogens is 988 g/mol. The monoisotopic (exact) mass is 1020 g/mol. The van der Waals surface area contributed by atoms with E-state index >= 15 is 13.2 Å². The van der Waals surface area contributed by atoms with Crippen LogP contribution in [0.25, 0.3) is 40.3 Å². The Balaban J connectivity index is 1.17. The predicted octanol–water partition coefficient (Wildman–Crippen LogP) is 16.9. The number of hydrogen-bond acceptors (Lipinski definition) is 4. The van der Waals surface area contributed by atoms with Crippen LogP contribution >= 0.6 is 68.4 Å². The molecule has 2 aromatic heterocycles. The van der Waals surface area contributed by atoms with E-state index in [2.05, 4.69) is 45.7 Å². The summed E-state index contributed by atoms with van der Waals surface area (Å²) in [5.74, 6) is -0.623. The van der Waals surface area contributed by atoms with Crippen LogP contribution in [-0.2, 0) is 12.4 Å². The second-order valence-corrected chi connectivity index (χ2v) is 18.0. The summed E-state index contributed by atoms with van der Waals surface area (Å²) in [4.78, 5) is 0. The number of alkyl halides is 6. The summed E-state index contributed by atoms with van der Waals surface area (Å²) in [6, 6.07) is 36.8. The molecule has 6 aromatic carbocycles. The second-order valence-electron chi connectivity index (χ2n) is 14.0. The zero-order valence-electron chi connectivity index (χ0n) is 29.3. The molecule has 8 aromatic rings. The van der Waals surface area contributed by atoms with Gasteiger partial charge in [-0.15, -0.1) is 22.7 Å². The highest BCUT2D eigenvalue weighted by atomic mass is 127. The average molecular weight is 1020 g/mol. The minimum absolute atomic E-state index is 0.183. The summed E-state index contributed by atoms with van der Waals surface area (Å²) in [5, 5.41) is 2.66. The average Bonchev–Trinajstić information content (AvgIpc) is 3.78. The highest BCUT2D eigenvalue weighted by Gasteiger charge is 2.41. The van der Waals surface area contributed by atoms with E-state index in [0.717, 1.165) is 78.7 Å². The van der Waals surface area contributed by atoms with Gasteiger partial charge in [0.05, 0.1) is 89.0 Å². The molecule has 2 nitrogen and oxygen atoms in total. The number of para-hydroxylation sites is 2. The highest BCUT2D eigenvalue weighted by molar-refractivity contribution is 14.1. The topological polar surface area (TPSA) is 6.48 Å². The minimum atomic E-state index is -4.60. The Morgan fingerprint density at radius 2 is 0.982 bits per heavy atom. The summed E-state index contributed by atoms with van der Waals surface area (Å²) >= 11 is 6.74. The molecule has 56 heavy (non-hydrogen) atoms. The molecule has 9 rings (SSSR count). The van der Waals surface area contributed by atoms with Gasteiger partial charge in [0.15, 0.2) is 0 Å². The Labute approximate surface area is 354 Å². The van der Waals surface area contributed by atoms with Crippen molar-refractivity contribution >= 4 is 131 Å². The van der Waals surface area contributed by atoms with E-state index in [9.17, 15) is 13.2 Å². The molecular formula is C44H30F6I2N2S2. The van der Waals surface area contributed by atoms with Gasteiger partial charge in [-0.3, -0.25) is 6.23 Å². The standard InChI is InChI=1S/C44H30F6I2N2S2/c45-43(46,47)34-19-8-16-30-31-17-10-22-37(41(31)55-39(30)34)54(52)35-20-7-6-15-28(35)26-13-4-5-14-27(26)29-23-24-33-32-18-9-21-36(53(51)25-11-2-1-3-12-25)40(32)56-42(33)38(29)44(48,49)50/h1-3,6-12,15-24,26-27H,4-5,13-14H2. The van der Waals surface area contributed by atoms with E-state index in [-0.39, 0.29) is 15.3 Å². The van der Waals surface area contributed by atoms with Crippen molar-refractivity contribution in [2.24, 2.45) is 0 Å². The van der Waals surface area contributed by atoms with Gasteiger partial charge in [0, 0.05) is 30.9 Å². The van der Waals surface area contributed by atoms with Crippen LogP contribution in [0, 0.1) is 0 Å². The first-order valence-electron chi connectivity index (χ1n) is 18.0. The number of fused-ring (bicyclic) bond motifs is 6. The number of anilines is 4. The normalized spacial score (nSPS) is 16.6. The maximum absolute atomic E-state index is 15.6. The number of nitrogens with zero attached hydrogens (tertiary/aromatic N) is 2. The van der Waals surface area contributed by atoms with E-state index in [1.165, 1.54) is 17.4 Å². The number of benzene rings is 6. The lowest BCUT2D eigenvalue weighted by Crippen LogP contribution is -2.21. The van der Waals surface area contributed by atoms with Gasteiger partial charge in [0.25, 0.3) is 0 Å². The van der Waals surface area contributed by atoms with Gasteiger partial charge in [0.1, 0.15) is 0 Å². The summed E-state index contributed by atoms with van der Waals surface area (Å²) in [5.41, 5.74) is 3.33. The summed E-state index contributed by atoms with van der Waals surface area (Å²) in [6.45, 7) is 0. The first kappa shape index (κ1) is 37.9. The molecule has 2 heterocycles. The van der Waals surface area contributed by atoms with E-state index in [1.807, 2.05) is 103 Å². The van der Waals surface area contributed by atoms with Crippen molar-refractivity contribution in [2.75, 3.05) is 6.23 Å². The van der Waals surface area contributed by atoms with Crippen LogP contribution < -0.4 is 6.23 Å². The molecule has 2 atom stereocenters. The van der Waals surface area contributed by atoms with Crippen molar-refractivity contribution in [3.63, 3.8) is 0 Å². The Morgan fingerprint density at radius 1 is 0.464 bits per heavy atom.